The van der Waals surface area contributed by atoms with Crippen LogP contribution in [0.5, 0.6) is 0 Å². The Bertz CT molecular complexity index is 1340. The zero-order valence-corrected chi connectivity index (χ0v) is 24.0. The Morgan fingerprint density at radius 2 is 1.82 bits per heavy atom. The van der Waals surface area contributed by atoms with E-state index in [1.807, 2.05) is 53.4 Å². The largest absolute Gasteiger partial charge is 0.444 e. The average Bonchev–Trinajstić information content (AvgIpc) is 3.67. The normalized spacial score (nSPS) is 21.7. The summed E-state index contributed by atoms with van der Waals surface area (Å²) in [6.07, 6.45) is 7.47. The van der Waals surface area contributed by atoms with Crippen molar-refractivity contribution in [1.82, 2.24) is 34.4 Å². The van der Waals surface area contributed by atoms with E-state index in [4.69, 9.17) is 41.0 Å². The van der Waals surface area contributed by atoms with Crippen molar-refractivity contribution < 1.29 is 19.0 Å². The Hall–Kier alpha value is -3.02. The second kappa shape index (κ2) is 10.8. The lowest BCUT2D eigenvalue weighted by Gasteiger charge is -2.41. The first-order valence-electron chi connectivity index (χ1n) is 14.0. The zero-order valence-electron chi connectivity index (χ0n) is 23.3. The lowest BCUT2D eigenvalue weighted by Crippen LogP contribution is -2.51. The molecule has 0 radical (unpaired) electrons. The van der Waals surface area contributed by atoms with Crippen molar-refractivity contribution in [3.63, 3.8) is 0 Å². The molecule has 3 fully saturated rings. The highest BCUT2D eigenvalue weighted by Gasteiger charge is 2.51. The Morgan fingerprint density at radius 1 is 1.07 bits per heavy atom. The molecule has 0 saturated carbocycles. The van der Waals surface area contributed by atoms with Gasteiger partial charge in [0.15, 0.2) is 11.6 Å². The van der Waals surface area contributed by atoms with E-state index in [1.165, 1.54) is 0 Å². The number of rotatable bonds is 4. The molecule has 3 aliphatic rings. The third-order valence-electron chi connectivity index (χ3n) is 8.00. The van der Waals surface area contributed by atoms with E-state index in [0.29, 0.717) is 36.6 Å². The molecule has 11 nitrogen and oxygen atoms in total. The van der Waals surface area contributed by atoms with Crippen molar-refractivity contribution in [1.29, 1.82) is 0 Å². The molecule has 1 atom stereocenters. The van der Waals surface area contributed by atoms with Crippen LogP contribution in [0.2, 0.25) is 5.15 Å². The van der Waals surface area contributed by atoms with Gasteiger partial charge in [0.2, 0.25) is 0 Å². The topological polar surface area (TPSA) is 109 Å². The molecule has 1 unspecified atom stereocenters. The summed E-state index contributed by atoms with van der Waals surface area (Å²) >= 11 is 6.05. The molecule has 1 spiro atoms. The fourth-order valence-corrected chi connectivity index (χ4v) is 6.12. The highest BCUT2D eigenvalue weighted by atomic mass is 35.5. The Labute approximate surface area is 238 Å². The van der Waals surface area contributed by atoms with Crippen LogP contribution in [0.3, 0.4) is 0 Å². The number of hydrogen-bond donors (Lipinski definition) is 0. The highest BCUT2D eigenvalue weighted by molar-refractivity contribution is 6.29. The summed E-state index contributed by atoms with van der Waals surface area (Å²) in [6, 6.07) is 5.85. The van der Waals surface area contributed by atoms with Crippen LogP contribution >= 0.6 is 11.6 Å². The Balaban J connectivity index is 1.38. The molecule has 0 bridgehead atoms. The van der Waals surface area contributed by atoms with Gasteiger partial charge in [0.05, 0.1) is 11.6 Å². The molecule has 40 heavy (non-hydrogen) atoms. The van der Waals surface area contributed by atoms with E-state index in [9.17, 15) is 4.79 Å². The standard InChI is InChI=1S/C28H36ClN7O4/c1-27(2,3)40-26(37)34-18-20(16-28(34)9-14-39-15-10-28)25-31-24(19-4-5-22(29)30-17-19)33-36(25)23-6-11-35(32-23)21-7-12-38-13-8-21/h4-6,11,17,20-21H,7-10,12-16,18H2,1-3H3. The minimum absolute atomic E-state index is 0.0691. The number of aromatic nitrogens is 6. The first kappa shape index (κ1) is 27.2. The van der Waals surface area contributed by atoms with Crippen molar-refractivity contribution in [3.8, 4) is 17.2 Å². The van der Waals surface area contributed by atoms with Gasteiger partial charge in [0, 0.05) is 62.9 Å². The molecule has 0 aliphatic carbocycles. The molecule has 0 N–H and O–H groups in total. The minimum Gasteiger partial charge on any atom is -0.444 e. The van der Waals surface area contributed by atoms with Crippen molar-refractivity contribution in [2.45, 2.75) is 76.0 Å². The van der Waals surface area contributed by atoms with E-state index in [-0.39, 0.29) is 23.6 Å². The monoisotopic (exact) mass is 569 g/mol. The second-order valence-corrected chi connectivity index (χ2v) is 12.3. The predicted octanol–water partition coefficient (Wildman–Crippen LogP) is 4.80. The Kier molecular flexibility index (Phi) is 7.30. The number of nitrogens with zero attached hydrogens (tertiary/aromatic N) is 7. The van der Waals surface area contributed by atoms with Crippen molar-refractivity contribution in [3.05, 3.63) is 41.6 Å². The third-order valence-corrected chi connectivity index (χ3v) is 8.22. The predicted molar refractivity (Wildman–Crippen MR) is 148 cm³/mol. The molecular formula is C28H36ClN7O4. The smallest absolute Gasteiger partial charge is 0.410 e. The highest BCUT2D eigenvalue weighted by Crippen LogP contribution is 2.45. The number of carbonyl (C=O) groups excluding carboxylic acids is 1. The molecule has 3 saturated heterocycles. The fraction of sp³-hybridized carbons (Fsp3) is 0.607. The first-order valence-corrected chi connectivity index (χ1v) is 14.4. The number of hydrogen-bond acceptors (Lipinski definition) is 8. The maximum absolute atomic E-state index is 13.5. The quantitative estimate of drug-likeness (QED) is 0.412. The number of ether oxygens (including phenoxy) is 3. The minimum atomic E-state index is -0.590. The number of amides is 1. The molecule has 6 heterocycles. The molecule has 6 rings (SSSR count). The molecule has 214 valence electrons. The number of pyridine rings is 1. The fourth-order valence-electron chi connectivity index (χ4n) is 6.01. The van der Waals surface area contributed by atoms with Gasteiger partial charge < -0.3 is 19.1 Å². The molecule has 1 amide bonds. The van der Waals surface area contributed by atoms with Crippen LogP contribution in [0.4, 0.5) is 4.79 Å². The van der Waals surface area contributed by atoms with Crippen LogP contribution in [0, 0.1) is 0 Å². The van der Waals surface area contributed by atoms with Crippen molar-refractivity contribution in [2.75, 3.05) is 33.0 Å². The molecule has 0 aromatic carbocycles. The van der Waals surface area contributed by atoms with Gasteiger partial charge in [-0.2, -0.15) is 9.78 Å². The van der Waals surface area contributed by atoms with Crippen LogP contribution in [-0.4, -0.2) is 84.6 Å². The molecule has 12 heteroatoms. The van der Waals surface area contributed by atoms with Gasteiger partial charge in [0.25, 0.3) is 0 Å². The molecular weight excluding hydrogens is 534 g/mol. The Morgan fingerprint density at radius 3 is 2.52 bits per heavy atom. The maximum Gasteiger partial charge on any atom is 0.410 e. The van der Waals surface area contributed by atoms with Crippen LogP contribution in [0.25, 0.3) is 17.2 Å². The van der Waals surface area contributed by atoms with E-state index < -0.39 is 5.60 Å². The van der Waals surface area contributed by atoms with Crippen LogP contribution in [0.15, 0.2) is 30.6 Å². The van der Waals surface area contributed by atoms with Crippen molar-refractivity contribution >= 4 is 17.7 Å². The molecule has 3 aliphatic heterocycles. The number of carbonyl (C=O) groups is 1. The van der Waals surface area contributed by atoms with Crippen LogP contribution in [-0.2, 0) is 14.2 Å². The van der Waals surface area contributed by atoms with E-state index in [1.54, 1.807) is 12.3 Å². The summed E-state index contributed by atoms with van der Waals surface area (Å²) in [4.78, 5) is 24.6. The SMILES string of the molecule is CC(C)(C)OC(=O)N1CC(c2nc(-c3ccc(Cl)nc3)nn2-c2ccn(C3CCOCC3)n2)CC12CCOCC2. The number of halogens is 1. The lowest BCUT2D eigenvalue weighted by atomic mass is 9.84. The molecule has 3 aromatic heterocycles. The van der Waals surface area contributed by atoms with Gasteiger partial charge in [-0.25, -0.2) is 14.8 Å². The van der Waals surface area contributed by atoms with E-state index in [2.05, 4.69) is 4.98 Å². The van der Waals surface area contributed by atoms with Gasteiger partial charge in [-0.05, 0) is 65.0 Å². The summed E-state index contributed by atoms with van der Waals surface area (Å²) in [6.45, 7) is 8.85. The summed E-state index contributed by atoms with van der Waals surface area (Å²) in [5.41, 5.74) is -0.185. The average molecular weight is 570 g/mol. The van der Waals surface area contributed by atoms with Crippen LogP contribution < -0.4 is 0 Å². The zero-order chi connectivity index (χ0) is 27.9. The van der Waals surface area contributed by atoms with Gasteiger partial charge in [-0.3, -0.25) is 4.68 Å². The van der Waals surface area contributed by atoms with E-state index >= 15 is 0 Å². The van der Waals surface area contributed by atoms with Gasteiger partial charge in [0.1, 0.15) is 16.6 Å². The summed E-state index contributed by atoms with van der Waals surface area (Å²) in [5, 5.41) is 10.2. The van der Waals surface area contributed by atoms with Crippen molar-refractivity contribution in [2.24, 2.45) is 0 Å². The third kappa shape index (κ3) is 5.46. The van der Waals surface area contributed by atoms with Crippen LogP contribution in [0.1, 0.15) is 70.7 Å². The second-order valence-electron chi connectivity index (χ2n) is 11.9. The number of likely N-dealkylation sites (tertiary alicyclic amines) is 1. The van der Waals surface area contributed by atoms with Gasteiger partial charge in [-0.1, -0.05) is 11.6 Å². The summed E-state index contributed by atoms with van der Waals surface area (Å²) in [5.74, 6) is 1.93. The summed E-state index contributed by atoms with van der Waals surface area (Å²) < 4.78 is 20.9. The van der Waals surface area contributed by atoms with Gasteiger partial charge >= 0.3 is 6.09 Å². The lowest BCUT2D eigenvalue weighted by molar-refractivity contribution is -0.0290. The summed E-state index contributed by atoms with van der Waals surface area (Å²) in [7, 11) is 0. The van der Waals surface area contributed by atoms with Gasteiger partial charge in [-0.15, -0.1) is 5.10 Å². The first-order chi connectivity index (χ1) is 19.2. The molecule has 3 aromatic rings. The maximum atomic E-state index is 13.5. The van der Waals surface area contributed by atoms with E-state index in [0.717, 1.165) is 56.7 Å².